The number of hydrogen-bond donors (Lipinski definition) is 1. The largest absolute Gasteiger partial charge is 0.356 e. The van der Waals surface area contributed by atoms with Crippen LogP contribution in [0.5, 0.6) is 0 Å². The fourth-order valence-corrected chi connectivity index (χ4v) is 3.53. The van der Waals surface area contributed by atoms with E-state index >= 15 is 0 Å². The van der Waals surface area contributed by atoms with Crippen molar-refractivity contribution < 1.29 is 4.52 Å². The topological polar surface area (TPSA) is 67.1 Å². The first-order chi connectivity index (χ1) is 13.2. The van der Waals surface area contributed by atoms with Crippen LogP contribution in [0.1, 0.15) is 36.0 Å². The first-order valence-corrected chi connectivity index (χ1v) is 9.47. The second-order valence-electron chi connectivity index (χ2n) is 7.15. The van der Waals surface area contributed by atoms with Crippen LogP contribution < -0.4 is 10.2 Å². The summed E-state index contributed by atoms with van der Waals surface area (Å²) < 4.78 is 5.51. The maximum absolute atomic E-state index is 5.51. The Balaban J connectivity index is 1.50. The predicted molar refractivity (Wildman–Crippen MR) is 106 cm³/mol. The van der Waals surface area contributed by atoms with E-state index in [1.165, 1.54) is 12.8 Å². The van der Waals surface area contributed by atoms with Crippen LogP contribution >= 0.6 is 0 Å². The lowest BCUT2D eigenvalue weighted by Gasteiger charge is -2.24. The zero-order valence-corrected chi connectivity index (χ0v) is 15.9. The Kier molecular flexibility index (Phi) is 5.16. The van der Waals surface area contributed by atoms with Crippen molar-refractivity contribution in [3.8, 4) is 11.3 Å². The maximum atomic E-state index is 5.51. The number of anilines is 1. The van der Waals surface area contributed by atoms with Gasteiger partial charge in [0, 0.05) is 37.2 Å². The van der Waals surface area contributed by atoms with Gasteiger partial charge in [-0.2, -0.15) is 0 Å². The van der Waals surface area contributed by atoms with E-state index in [0.717, 1.165) is 47.4 Å². The molecule has 0 radical (unpaired) electrons. The number of aryl methyl sites for hydroxylation is 1. The van der Waals surface area contributed by atoms with Crippen molar-refractivity contribution in [1.29, 1.82) is 0 Å². The Morgan fingerprint density at radius 2 is 2.04 bits per heavy atom. The summed E-state index contributed by atoms with van der Waals surface area (Å²) in [5, 5.41) is 7.69. The van der Waals surface area contributed by atoms with Gasteiger partial charge in [-0.15, -0.1) is 0 Å². The Hall–Kier alpha value is -2.73. The van der Waals surface area contributed by atoms with Crippen LogP contribution in [0.4, 0.5) is 5.82 Å². The van der Waals surface area contributed by atoms with E-state index in [9.17, 15) is 0 Å². The summed E-state index contributed by atoms with van der Waals surface area (Å²) in [6.07, 6.45) is 2.37. The number of nitrogens with one attached hydrogen (secondary N) is 1. The van der Waals surface area contributed by atoms with Gasteiger partial charge in [-0.25, -0.2) is 9.97 Å². The van der Waals surface area contributed by atoms with Gasteiger partial charge >= 0.3 is 0 Å². The third-order valence-electron chi connectivity index (χ3n) is 4.97. The Morgan fingerprint density at radius 3 is 2.81 bits per heavy atom. The van der Waals surface area contributed by atoms with Crippen molar-refractivity contribution in [2.45, 2.75) is 32.2 Å². The molecule has 1 fully saturated rings. The third kappa shape index (κ3) is 4.17. The first kappa shape index (κ1) is 17.7. The van der Waals surface area contributed by atoms with Gasteiger partial charge in [0.05, 0.1) is 12.2 Å². The highest BCUT2D eigenvalue weighted by molar-refractivity contribution is 5.57. The van der Waals surface area contributed by atoms with Crippen LogP contribution in [0.2, 0.25) is 0 Å². The van der Waals surface area contributed by atoms with E-state index in [2.05, 4.69) is 31.4 Å². The Bertz CT molecular complexity index is 887. The third-order valence-corrected chi connectivity index (χ3v) is 4.97. The highest BCUT2D eigenvalue weighted by Crippen LogP contribution is 2.25. The summed E-state index contributed by atoms with van der Waals surface area (Å²) in [7, 11) is 2.03. The molecule has 6 nitrogen and oxygen atoms in total. The van der Waals surface area contributed by atoms with E-state index in [4.69, 9.17) is 4.52 Å². The van der Waals surface area contributed by atoms with E-state index < -0.39 is 0 Å². The minimum absolute atomic E-state index is 0.462. The van der Waals surface area contributed by atoms with Crippen molar-refractivity contribution in [2.75, 3.05) is 25.0 Å². The quantitative estimate of drug-likeness (QED) is 0.748. The summed E-state index contributed by atoms with van der Waals surface area (Å²) in [4.78, 5) is 11.4. The predicted octanol–water partition coefficient (Wildman–Crippen LogP) is 3.54. The number of piperidine rings is 1. The second kappa shape index (κ2) is 7.88. The van der Waals surface area contributed by atoms with Crippen molar-refractivity contribution >= 4 is 5.82 Å². The second-order valence-corrected chi connectivity index (χ2v) is 7.15. The lowest BCUT2D eigenvalue weighted by Crippen LogP contribution is -2.29. The van der Waals surface area contributed by atoms with Gasteiger partial charge in [-0.3, -0.25) is 0 Å². The van der Waals surface area contributed by atoms with Gasteiger partial charge in [0.2, 0.25) is 0 Å². The Morgan fingerprint density at radius 1 is 1.19 bits per heavy atom. The number of benzene rings is 1. The van der Waals surface area contributed by atoms with Gasteiger partial charge < -0.3 is 14.7 Å². The van der Waals surface area contributed by atoms with E-state index in [1.54, 1.807) is 0 Å². The standard InChI is InChI=1S/C21H25N5O/c1-15-23-19(17-9-6-10-22-13-17)12-21(24-15)26(2)14-18-11-20(27-25-18)16-7-4-3-5-8-16/h3-5,7-8,11-12,17,22H,6,9-10,13-14H2,1-2H3/t17-/m1/s1. The van der Waals surface area contributed by atoms with Crippen LogP contribution in [0, 0.1) is 6.92 Å². The minimum atomic E-state index is 0.462. The van der Waals surface area contributed by atoms with Crippen LogP contribution in [0.15, 0.2) is 47.0 Å². The maximum Gasteiger partial charge on any atom is 0.167 e. The van der Waals surface area contributed by atoms with Crippen molar-refractivity contribution in [3.63, 3.8) is 0 Å². The zero-order chi connectivity index (χ0) is 18.6. The van der Waals surface area contributed by atoms with Gasteiger partial charge in [-0.05, 0) is 26.3 Å². The summed E-state index contributed by atoms with van der Waals surface area (Å²) in [6.45, 7) is 4.68. The van der Waals surface area contributed by atoms with Gasteiger partial charge in [0.1, 0.15) is 17.3 Å². The van der Waals surface area contributed by atoms with Gasteiger partial charge in [0.25, 0.3) is 0 Å². The number of hydrogen-bond acceptors (Lipinski definition) is 6. The van der Waals surface area contributed by atoms with Crippen LogP contribution in [-0.2, 0) is 6.54 Å². The molecule has 4 rings (SSSR count). The number of rotatable bonds is 5. The summed E-state index contributed by atoms with van der Waals surface area (Å²) in [5.41, 5.74) is 3.04. The van der Waals surface area contributed by atoms with Crippen LogP contribution in [0.3, 0.4) is 0 Å². The van der Waals surface area contributed by atoms with E-state index in [-0.39, 0.29) is 0 Å². The lowest BCUT2D eigenvalue weighted by molar-refractivity contribution is 0.423. The lowest BCUT2D eigenvalue weighted by atomic mass is 9.96. The molecule has 1 aliphatic rings. The molecule has 0 unspecified atom stereocenters. The Labute approximate surface area is 159 Å². The van der Waals surface area contributed by atoms with Gasteiger partial charge in [0.15, 0.2) is 5.76 Å². The molecule has 27 heavy (non-hydrogen) atoms. The molecule has 1 N–H and O–H groups in total. The van der Waals surface area contributed by atoms with Crippen molar-refractivity contribution in [2.24, 2.45) is 0 Å². The molecule has 1 atom stereocenters. The average molecular weight is 363 g/mol. The fraction of sp³-hybridized carbons (Fsp3) is 0.381. The molecule has 2 aromatic heterocycles. The SMILES string of the molecule is Cc1nc([C@@H]2CCCNC2)cc(N(C)Cc2cc(-c3ccccc3)on2)n1. The normalized spacial score (nSPS) is 17.0. The minimum Gasteiger partial charge on any atom is -0.356 e. The monoisotopic (exact) mass is 363 g/mol. The molecule has 1 saturated heterocycles. The highest BCUT2D eigenvalue weighted by Gasteiger charge is 2.19. The molecule has 0 amide bonds. The molecule has 0 aliphatic carbocycles. The molecule has 1 aliphatic heterocycles. The smallest absolute Gasteiger partial charge is 0.167 e. The van der Waals surface area contributed by atoms with Crippen LogP contribution in [0.25, 0.3) is 11.3 Å². The molecule has 1 aromatic carbocycles. The molecule has 140 valence electrons. The molecular weight excluding hydrogens is 338 g/mol. The number of aromatic nitrogens is 3. The van der Waals surface area contributed by atoms with Gasteiger partial charge in [-0.1, -0.05) is 35.5 Å². The molecule has 3 aromatic rings. The number of nitrogens with zero attached hydrogens (tertiary/aromatic N) is 4. The average Bonchev–Trinajstić information content (AvgIpc) is 3.17. The summed E-state index contributed by atoms with van der Waals surface area (Å²) >= 11 is 0. The first-order valence-electron chi connectivity index (χ1n) is 9.47. The summed E-state index contributed by atoms with van der Waals surface area (Å²) in [6, 6.07) is 14.1. The van der Waals surface area contributed by atoms with E-state index in [0.29, 0.717) is 12.5 Å². The molecule has 0 saturated carbocycles. The molecular formula is C21H25N5O. The molecule has 0 bridgehead atoms. The van der Waals surface area contributed by atoms with Crippen LogP contribution in [-0.4, -0.2) is 35.3 Å². The molecule has 0 spiro atoms. The fourth-order valence-electron chi connectivity index (χ4n) is 3.53. The molecule has 3 heterocycles. The van der Waals surface area contributed by atoms with E-state index in [1.807, 2.05) is 50.4 Å². The highest BCUT2D eigenvalue weighted by atomic mass is 16.5. The van der Waals surface area contributed by atoms with Crippen molar-refractivity contribution in [3.05, 3.63) is 59.7 Å². The van der Waals surface area contributed by atoms with Crippen molar-refractivity contribution in [1.82, 2.24) is 20.4 Å². The molecule has 6 heteroatoms. The zero-order valence-electron chi connectivity index (χ0n) is 15.9. The summed E-state index contributed by atoms with van der Waals surface area (Å²) in [5.74, 6) is 2.98.